The summed E-state index contributed by atoms with van der Waals surface area (Å²) in [5, 5.41) is 11.9. The molecule has 0 saturated carbocycles. The number of amides is 5. The van der Waals surface area contributed by atoms with Crippen molar-refractivity contribution in [1.82, 2.24) is 29.8 Å². The fourth-order valence-electron chi connectivity index (χ4n) is 3.34. The number of hydrazine groups is 1. The third-order valence-electron chi connectivity index (χ3n) is 5.21. The molecule has 5 N–H and O–H groups in total. The van der Waals surface area contributed by atoms with Crippen LogP contribution in [0.15, 0.2) is 47.4 Å². The highest BCUT2D eigenvalue weighted by atomic mass is 32.2. The molecule has 18 heteroatoms. The maximum Gasteiger partial charge on any atom is 0.408 e. The van der Waals surface area contributed by atoms with Gasteiger partial charge in [-0.15, -0.1) is 4.83 Å². The monoisotopic (exact) mass is 608 g/mol. The number of rotatable bonds is 9. The van der Waals surface area contributed by atoms with Crippen molar-refractivity contribution in [1.29, 1.82) is 0 Å². The van der Waals surface area contributed by atoms with Crippen LogP contribution in [-0.4, -0.2) is 83.1 Å². The standard InChI is InChI=1S/C24H28N6O11S/c1-24(2,3)41-19(33)12-30(21(35)15-9-17(31)18(32)10-25-15)28-42(38,39)27-22(36)29-11-16(20(29)34)26-23(37)40-13-14-7-5-4-6-8-14/h4-10,16,28,32H,11-13H2,1-3H3,(H,25,31)(H,26,37)(H,27,36)/t16-/m0/s1. The SMILES string of the molecule is CC(C)(C)OC(=O)CN(NS(=O)(=O)NC(=O)N1C[C@H](NC(=O)OCc2ccccc2)C1=O)C(=O)c1cc(=O)c(O)c[nH]1. The van der Waals surface area contributed by atoms with E-state index >= 15 is 0 Å². The first-order valence-corrected chi connectivity index (χ1v) is 13.6. The van der Waals surface area contributed by atoms with E-state index in [-0.39, 0.29) is 11.6 Å². The Balaban J connectivity index is 1.62. The van der Waals surface area contributed by atoms with Crippen molar-refractivity contribution in [2.24, 2.45) is 0 Å². The van der Waals surface area contributed by atoms with Crippen LogP contribution in [0.1, 0.15) is 36.8 Å². The molecule has 42 heavy (non-hydrogen) atoms. The lowest BCUT2D eigenvalue weighted by molar-refractivity contribution is -0.155. The van der Waals surface area contributed by atoms with Gasteiger partial charge in [0, 0.05) is 12.3 Å². The van der Waals surface area contributed by atoms with E-state index in [1.807, 2.05) is 0 Å². The second kappa shape index (κ2) is 12.7. The average molecular weight is 609 g/mol. The van der Waals surface area contributed by atoms with E-state index in [4.69, 9.17) is 9.47 Å². The molecule has 0 bridgehead atoms. The largest absolute Gasteiger partial charge is 0.503 e. The van der Waals surface area contributed by atoms with Crippen molar-refractivity contribution in [3.05, 3.63) is 64.1 Å². The summed E-state index contributed by atoms with van der Waals surface area (Å²) in [4.78, 5) is 78.2. The highest BCUT2D eigenvalue weighted by molar-refractivity contribution is 7.88. The van der Waals surface area contributed by atoms with Gasteiger partial charge in [-0.2, -0.15) is 8.42 Å². The second-order valence-corrected chi connectivity index (χ2v) is 11.2. The van der Waals surface area contributed by atoms with Crippen molar-refractivity contribution in [3.8, 4) is 5.75 Å². The Labute approximate surface area is 238 Å². The molecule has 0 spiro atoms. The number of H-pyrrole nitrogens is 1. The molecule has 3 rings (SSSR count). The average Bonchev–Trinajstić information content (AvgIpc) is 2.89. The summed E-state index contributed by atoms with van der Waals surface area (Å²) in [5.74, 6) is -3.98. The first kappa shape index (κ1) is 31.6. The number of β-lactam (4-membered cyclic amide) rings is 1. The van der Waals surface area contributed by atoms with Gasteiger partial charge in [-0.3, -0.25) is 24.1 Å². The summed E-state index contributed by atoms with van der Waals surface area (Å²) in [6, 6.07) is 6.77. The molecule has 0 aliphatic carbocycles. The van der Waals surface area contributed by atoms with Gasteiger partial charge in [-0.05, 0) is 26.3 Å². The maximum absolute atomic E-state index is 12.9. The minimum absolute atomic E-state index is 0.0712. The predicted octanol–water partition coefficient (Wildman–Crippen LogP) is -0.539. The van der Waals surface area contributed by atoms with Crippen LogP contribution in [0.5, 0.6) is 5.75 Å². The van der Waals surface area contributed by atoms with Gasteiger partial charge in [0.25, 0.3) is 11.8 Å². The lowest BCUT2D eigenvalue weighted by atomic mass is 10.1. The molecule has 1 aromatic carbocycles. The van der Waals surface area contributed by atoms with Crippen LogP contribution in [0.2, 0.25) is 0 Å². The Hall–Kier alpha value is -4.97. The van der Waals surface area contributed by atoms with Gasteiger partial charge >= 0.3 is 28.3 Å². The van der Waals surface area contributed by atoms with Gasteiger partial charge in [0.05, 0.1) is 6.54 Å². The molecule has 1 aromatic heterocycles. The van der Waals surface area contributed by atoms with Gasteiger partial charge in [-0.25, -0.2) is 19.3 Å². The van der Waals surface area contributed by atoms with E-state index < -0.39 is 81.7 Å². The number of aromatic nitrogens is 1. The molecule has 0 unspecified atom stereocenters. The van der Waals surface area contributed by atoms with E-state index in [0.29, 0.717) is 16.5 Å². The molecule has 1 fully saturated rings. The van der Waals surface area contributed by atoms with Crippen LogP contribution < -0.4 is 20.3 Å². The number of likely N-dealkylation sites (tertiary alicyclic amines) is 1. The number of nitrogens with zero attached hydrogens (tertiary/aromatic N) is 2. The second-order valence-electron chi connectivity index (χ2n) is 9.78. The number of benzene rings is 1. The molecule has 1 saturated heterocycles. The van der Waals surface area contributed by atoms with E-state index in [0.717, 1.165) is 6.20 Å². The topological polar surface area (TPSA) is 234 Å². The lowest BCUT2D eigenvalue weighted by Crippen LogP contribution is -2.68. The number of pyridine rings is 1. The molecule has 0 radical (unpaired) electrons. The number of esters is 1. The Kier molecular flexibility index (Phi) is 9.53. The first-order valence-electron chi connectivity index (χ1n) is 12.1. The molecule has 1 aliphatic heterocycles. The number of hydrogen-bond donors (Lipinski definition) is 5. The van der Waals surface area contributed by atoms with E-state index in [1.54, 1.807) is 35.2 Å². The summed E-state index contributed by atoms with van der Waals surface area (Å²) in [6.07, 6.45) is -0.162. The van der Waals surface area contributed by atoms with Crippen LogP contribution >= 0.6 is 0 Å². The van der Waals surface area contributed by atoms with E-state index in [9.17, 15) is 42.3 Å². The Morgan fingerprint density at radius 1 is 1.14 bits per heavy atom. The van der Waals surface area contributed by atoms with Crippen molar-refractivity contribution in [2.75, 3.05) is 13.1 Å². The third-order valence-corrected chi connectivity index (χ3v) is 6.11. The number of aromatic hydroxyl groups is 1. The molecular formula is C24H28N6O11S. The maximum atomic E-state index is 12.9. The van der Waals surface area contributed by atoms with Crippen LogP contribution in [0.4, 0.5) is 9.59 Å². The van der Waals surface area contributed by atoms with Gasteiger partial charge < -0.3 is 24.9 Å². The van der Waals surface area contributed by atoms with Crippen molar-refractivity contribution >= 4 is 40.1 Å². The third kappa shape index (κ3) is 8.77. The van der Waals surface area contributed by atoms with E-state index in [2.05, 4.69) is 10.3 Å². The van der Waals surface area contributed by atoms with Crippen molar-refractivity contribution < 1.29 is 47.0 Å². The number of aromatic amines is 1. The number of imide groups is 1. The zero-order chi connectivity index (χ0) is 31.2. The number of urea groups is 1. The molecule has 226 valence electrons. The van der Waals surface area contributed by atoms with Gasteiger partial charge in [0.2, 0.25) is 5.43 Å². The van der Waals surface area contributed by atoms with Gasteiger partial charge in [-0.1, -0.05) is 30.3 Å². The highest BCUT2D eigenvalue weighted by Crippen LogP contribution is 2.12. The minimum atomic E-state index is -4.96. The summed E-state index contributed by atoms with van der Waals surface area (Å²) in [6.45, 7) is 3.10. The molecule has 2 heterocycles. The van der Waals surface area contributed by atoms with E-state index in [1.165, 1.54) is 25.5 Å². The van der Waals surface area contributed by atoms with Gasteiger partial charge in [0.1, 0.15) is 30.5 Å². The zero-order valence-corrected chi connectivity index (χ0v) is 23.4. The number of hydrogen-bond acceptors (Lipinski definition) is 11. The number of nitrogens with one attached hydrogen (secondary N) is 4. The number of ether oxygens (including phenoxy) is 2. The Morgan fingerprint density at radius 2 is 1.81 bits per heavy atom. The fourth-order valence-corrected chi connectivity index (χ4v) is 4.17. The number of carbonyl (C=O) groups is 5. The normalized spacial score (nSPS) is 14.8. The van der Waals surface area contributed by atoms with Crippen LogP contribution in [-0.2, 0) is 35.9 Å². The lowest BCUT2D eigenvalue weighted by Gasteiger charge is -2.36. The summed E-state index contributed by atoms with van der Waals surface area (Å²) >= 11 is 0. The first-order chi connectivity index (χ1) is 19.5. The summed E-state index contributed by atoms with van der Waals surface area (Å²) in [7, 11) is -4.96. The molecular weight excluding hydrogens is 580 g/mol. The Morgan fingerprint density at radius 3 is 2.40 bits per heavy atom. The Bertz CT molecular complexity index is 1540. The number of carbonyl (C=O) groups excluding carboxylic acids is 5. The van der Waals surface area contributed by atoms with Crippen molar-refractivity contribution in [2.45, 2.75) is 39.0 Å². The fraction of sp³-hybridized carbons (Fsp3) is 0.333. The van der Waals surface area contributed by atoms with Crippen molar-refractivity contribution in [3.63, 3.8) is 0 Å². The number of alkyl carbamates (subject to hydrolysis) is 1. The van der Waals surface area contributed by atoms with Crippen LogP contribution in [0.3, 0.4) is 0 Å². The quantitative estimate of drug-likeness (QED) is 0.138. The molecule has 2 aromatic rings. The molecule has 1 aliphatic rings. The van der Waals surface area contributed by atoms with Gasteiger partial charge in [0.15, 0.2) is 5.75 Å². The summed E-state index contributed by atoms with van der Waals surface area (Å²) < 4.78 is 37.0. The minimum Gasteiger partial charge on any atom is -0.503 e. The highest BCUT2D eigenvalue weighted by Gasteiger charge is 2.43. The van der Waals surface area contributed by atoms with Crippen LogP contribution in [0, 0.1) is 0 Å². The van der Waals surface area contributed by atoms with Crippen LogP contribution in [0.25, 0.3) is 0 Å². The molecule has 17 nitrogen and oxygen atoms in total. The molecule has 1 atom stereocenters. The smallest absolute Gasteiger partial charge is 0.408 e. The molecule has 5 amide bonds. The predicted molar refractivity (Wildman–Crippen MR) is 141 cm³/mol. The zero-order valence-electron chi connectivity index (χ0n) is 22.6. The summed E-state index contributed by atoms with van der Waals surface area (Å²) in [5.41, 5.74) is -1.82.